The Bertz CT molecular complexity index is 790. The van der Waals surface area contributed by atoms with Crippen LogP contribution >= 0.6 is 0 Å². The fourth-order valence-electron chi connectivity index (χ4n) is 2.87. The first kappa shape index (κ1) is 18.9. The Morgan fingerprint density at radius 3 is 2.44 bits per heavy atom. The Kier molecular flexibility index (Phi) is 5.75. The van der Waals surface area contributed by atoms with Crippen molar-refractivity contribution in [2.75, 3.05) is 36.5 Å². The molecule has 2 heterocycles. The molecule has 1 atom stereocenters. The van der Waals surface area contributed by atoms with Crippen LogP contribution in [-0.4, -0.2) is 49.4 Å². The van der Waals surface area contributed by atoms with Crippen LogP contribution in [0.4, 0.5) is 11.4 Å². The highest BCUT2D eigenvalue weighted by Gasteiger charge is 2.24. The third-order valence-electron chi connectivity index (χ3n) is 4.40. The Morgan fingerprint density at radius 1 is 1.19 bits per heavy atom. The molecule has 2 aromatic rings. The zero-order chi connectivity index (χ0) is 19.4. The number of carbonyl (C=O) groups excluding carboxylic acids is 2. The van der Waals surface area contributed by atoms with E-state index in [1.165, 1.54) is 6.92 Å². The average Bonchev–Trinajstić information content (AvgIpc) is 3.01. The normalized spacial score (nSPS) is 15.3. The van der Waals surface area contributed by atoms with Crippen LogP contribution in [0.1, 0.15) is 28.7 Å². The molecule has 0 saturated carbocycles. The molecule has 1 aliphatic rings. The fourth-order valence-corrected chi connectivity index (χ4v) is 2.87. The molecule has 27 heavy (non-hydrogen) atoms. The largest absolute Gasteiger partial charge is 0.449 e. The van der Waals surface area contributed by atoms with Crippen molar-refractivity contribution < 1.29 is 23.6 Å². The molecule has 1 unspecified atom stereocenters. The van der Waals surface area contributed by atoms with E-state index in [2.05, 4.69) is 15.4 Å². The molecule has 0 bridgehead atoms. The molecule has 1 aromatic carbocycles. The number of nitrogens with one attached hydrogen (secondary N) is 1. The second-order valence-corrected chi connectivity index (χ2v) is 6.38. The van der Waals surface area contributed by atoms with Gasteiger partial charge in [0, 0.05) is 24.5 Å². The van der Waals surface area contributed by atoms with Crippen molar-refractivity contribution in [2.45, 2.75) is 26.9 Å². The molecule has 0 radical (unpaired) electrons. The van der Waals surface area contributed by atoms with Gasteiger partial charge in [0.05, 0.1) is 18.9 Å². The maximum absolute atomic E-state index is 12.3. The van der Waals surface area contributed by atoms with Gasteiger partial charge in [-0.25, -0.2) is 4.79 Å². The predicted molar refractivity (Wildman–Crippen MR) is 99.0 cm³/mol. The van der Waals surface area contributed by atoms with E-state index in [1.807, 2.05) is 24.3 Å². The maximum Gasteiger partial charge on any atom is 0.344 e. The third kappa shape index (κ3) is 4.46. The summed E-state index contributed by atoms with van der Waals surface area (Å²) in [5.74, 6) is -0.672. The van der Waals surface area contributed by atoms with Gasteiger partial charge in [-0.05, 0) is 45.0 Å². The Labute approximate surface area is 157 Å². The number of hydrogen-bond donors (Lipinski definition) is 1. The first-order chi connectivity index (χ1) is 13.0. The van der Waals surface area contributed by atoms with E-state index in [-0.39, 0.29) is 5.56 Å². The van der Waals surface area contributed by atoms with Gasteiger partial charge >= 0.3 is 5.97 Å². The molecule has 8 heteroatoms. The highest BCUT2D eigenvalue weighted by atomic mass is 16.5. The molecule has 3 rings (SSSR count). The summed E-state index contributed by atoms with van der Waals surface area (Å²) in [6, 6.07) is 7.54. The number of rotatable bonds is 5. The summed E-state index contributed by atoms with van der Waals surface area (Å²) in [5, 5.41) is 6.47. The van der Waals surface area contributed by atoms with E-state index >= 15 is 0 Å². The number of hydrogen-bond acceptors (Lipinski definition) is 7. The van der Waals surface area contributed by atoms with E-state index in [0.717, 1.165) is 18.8 Å². The van der Waals surface area contributed by atoms with Gasteiger partial charge < -0.3 is 24.2 Å². The predicted octanol–water partition coefficient (Wildman–Crippen LogP) is 2.31. The van der Waals surface area contributed by atoms with Gasteiger partial charge in [-0.3, -0.25) is 4.79 Å². The molecular weight excluding hydrogens is 350 g/mol. The van der Waals surface area contributed by atoms with Crippen LogP contribution in [0.15, 0.2) is 28.8 Å². The van der Waals surface area contributed by atoms with Crippen molar-refractivity contribution in [3.63, 3.8) is 0 Å². The van der Waals surface area contributed by atoms with Gasteiger partial charge in [0.1, 0.15) is 11.3 Å². The van der Waals surface area contributed by atoms with Gasteiger partial charge in [-0.15, -0.1) is 0 Å². The lowest BCUT2D eigenvalue weighted by Gasteiger charge is -2.28. The minimum absolute atomic E-state index is 0.254. The number of anilines is 2. The quantitative estimate of drug-likeness (QED) is 0.804. The van der Waals surface area contributed by atoms with Crippen molar-refractivity contribution in [3.05, 3.63) is 41.3 Å². The number of ether oxygens (including phenoxy) is 2. The topological polar surface area (TPSA) is 93.9 Å². The number of morpholine rings is 1. The molecule has 1 aromatic heterocycles. The molecule has 1 aliphatic heterocycles. The van der Waals surface area contributed by atoms with Crippen LogP contribution in [-0.2, 0) is 14.3 Å². The van der Waals surface area contributed by atoms with E-state index in [1.54, 1.807) is 13.8 Å². The van der Waals surface area contributed by atoms with E-state index in [0.29, 0.717) is 30.4 Å². The molecule has 1 fully saturated rings. The maximum atomic E-state index is 12.3. The van der Waals surface area contributed by atoms with E-state index in [9.17, 15) is 9.59 Å². The van der Waals surface area contributed by atoms with Crippen LogP contribution in [0.25, 0.3) is 0 Å². The Hall–Kier alpha value is -2.87. The van der Waals surface area contributed by atoms with Crippen molar-refractivity contribution >= 4 is 23.3 Å². The Morgan fingerprint density at radius 2 is 1.85 bits per heavy atom. The summed E-state index contributed by atoms with van der Waals surface area (Å²) < 4.78 is 15.5. The van der Waals surface area contributed by atoms with Gasteiger partial charge in [-0.2, -0.15) is 0 Å². The minimum Gasteiger partial charge on any atom is -0.449 e. The highest BCUT2D eigenvalue weighted by molar-refractivity contribution is 5.98. The summed E-state index contributed by atoms with van der Waals surface area (Å²) in [4.78, 5) is 26.8. The minimum atomic E-state index is -0.954. The van der Waals surface area contributed by atoms with Crippen LogP contribution < -0.4 is 10.2 Å². The van der Waals surface area contributed by atoms with Crippen molar-refractivity contribution in [3.8, 4) is 0 Å². The van der Waals surface area contributed by atoms with Crippen molar-refractivity contribution in [1.82, 2.24) is 5.16 Å². The lowest BCUT2D eigenvalue weighted by Crippen LogP contribution is -2.36. The highest BCUT2D eigenvalue weighted by Crippen LogP contribution is 2.20. The molecule has 1 N–H and O–H groups in total. The van der Waals surface area contributed by atoms with E-state index in [4.69, 9.17) is 14.0 Å². The number of aromatic nitrogens is 1. The number of amides is 1. The molecule has 1 amide bonds. The summed E-state index contributed by atoms with van der Waals surface area (Å²) in [6.07, 6.45) is -0.954. The lowest BCUT2D eigenvalue weighted by atomic mass is 10.2. The number of nitrogens with zero attached hydrogens (tertiary/aromatic N) is 2. The van der Waals surface area contributed by atoms with Gasteiger partial charge in [0.15, 0.2) is 6.10 Å². The third-order valence-corrected chi connectivity index (χ3v) is 4.40. The molecule has 144 valence electrons. The summed E-state index contributed by atoms with van der Waals surface area (Å²) in [5.41, 5.74) is 2.40. The van der Waals surface area contributed by atoms with Crippen molar-refractivity contribution in [1.29, 1.82) is 0 Å². The van der Waals surface area contributed by atoms with Gasteiger partial charge in [0.25, 0.3) is 5.91 Å². The van der Waals surface area contributed by atoms with Gasteiger partial charge in [0.2, 0.25) is 0 Å². The van der Waals surface area contributed by atoms with E-state index < -0.39 is 18.0 Å². The fraction of sp³-hybridized carbons (Fsp3) is 0.421. The zero-order valence-corrected chi connectivity index (χ0v) is 15.7. The monoisotopic (exact) mass is 373 g/mol. The zero-order valence-electron chi connectivity index (χ0n) is 15.7. The summed E-state index contributed by atoms with van der Waals surface area (Å²) >= 11 is 0. The summed E-state index contributed by atoms with van der Waals surface area (Å²) in [6.45, 7) is 7.92. The lowest BCUT2D eigenvalue weighted by molar-refractivity contribution is -0.123. The van der Waals surface area contributed by atoms with Crippen molar-refractivity contribution in [2.24, 2.45) is 0 Å². The van der Waals surface area contributed by atoms with Crippen LogP contribution in [0.3, 0.4) is 0 Å². The van der Waals surface area contributed by atoms with Crippen LogP contribution in [0, 0.1) is 13.8 Å². The molecule has 1 saturated heterocycles. The SMILES string of the molecule is Cc1noc(C)c1C(=O)OC(C)C(=O)Nc1ccc(N2CCOCC2)cc1. The number of benzene rings is 1. The molecule has 0 aliphatic carbocycles. The number of carbonyl (C=O) groups is 2. The van der Waals surface area contributed by atoms with Crippen LogP contribution in [0.2, 0.25) is 0 Å². The van der Waals surface area contributed by atoms with Crippen LogP contribution in [0.5, 0.6) is 0 Å². The Balaban J connectivity index is 1.57. The second-order valence-electron chi connectivity index (χ2n) is 6.38. The standard InChI is InChI=1S/C19H23N3O5/c1-12-17(13(2)27-21-12)19(24)26-14(3)18(23)20-15-4-6-16(7-5-15)22-8-10-25-11-9-22/h4-7,14H,8-11H2,1-3H3,(H,20,23). The number of aryl methyl sites for hydroxylation is 2. The summed E-state index contributed by atoms with van der Waals surface area (Å²) in [7, 11) is 0. The first-order valence-corrected chi connectivity index (χ1v) is 8.83. The molecular formula is C19H23N3O5. The molecule has 8 nitrogen and oxygen atoms in total. The molecule has 0 spiro atoms. The second kappa shape index (κ2) is 8.22. The average molecular weight is 373 g/mol. The smallest absolute Gasteiger partial charge is 0.344 e. The number of esters is 1. The first-order valence-electron chi connectivity index (χ1n) is 8.83. The van der Waals surface area contributed by atoms with Gasteiger partial charge in [-0.1, -0.05) is 5.16 Å².